The van der Waals surface area contributed by atoms with Crippen molar-refractivity contribution in [3.8, 4) is 0 Å². The number of esters is 2. The first-order valence-electron chi connectivity index (χ1n) is 7.40. The first kappa shape index (κ1) is 20.3. The van der Waals surface area contributed by atoms with E-state index >= 15 is 0 Å². The molecule has 0 aliphatic carbocycles. The first-order valence-corrected chi connectivity index (χ1v) is 8.28. The van der Waals surface area contributed by atoms with E-state index in [1.54, 1.807) is 13.8 Å². The Morgan fingerprint density at radius 2 is 1.83 bits per heavy atom. The maximum Gasteiger partial charge on any atom is 0.330 e. The smallest absolute Gasteiger partial charge is 0.330 e. The number of rotatable bonds is 5. The number of methoxy groups -OCH3 is 2. The third kappa shape index (κ3) is 4.62. The summed E-state index contributed by atoms with van der Waals surface area (Å²) in [6.07, 6.45) is -0.117. The summed E-state index contributed by atoms with van der Waals surface area (Å²) in [6, 6.07) is -0.786. The normalized spacial score (nSPS) is 23.0. The molecular formula is C15H24N2O6S. The maximum atomic E-state index is 12.2. The van der Waals surface area contributed by atoms with Gasteiger partial charge in [-0.05, 0) is 27.7 Å². The molecule has 0 aromatic carbocycles. The Kier molecular flexibility index (Phi) is 6.26. The van der Waals surface area contributed by atoms with Crippen LogP contribution in [0.4, 0.5) is 0 Å². The van der Waals surface area contributed by atoms with E-state index in [2.05, 4.69) is 15.4 Å². The Balaban J connectivity index is 2.76. The number of nitrogens with one attached hydrogen (secondary N) is 2. The van der Waals surface area contributed by atoms with Crippen LogP contribution in [0.2, 0.25) is 0 Å². The monoisotopic (exact) mass is 360 g/mol. The van der Waals surface area contributed by atoms with Gasteiger partial charge in [-0.1, -0.05) is 0 Å². The van der Waals surface area contributed by atoms with Crippen LogP contribution in [0.3, 0.4) is 0 Å². The van der Waals surface area contributed by atoms with Gasteiger partial charge < -0.3 is 20.1 Å². The van der Waals surface area contributed by atoms with Gasteiger partial charge in [0.05, 0.1) is 19.5 Å². The zero-order valence-electron chi connectivity index (χ0n) is 14.7. The number of ether oxygens (including phenoxy) is 2. The number of amides is 2. The van der Waals surface area contributed by atoms with Crippen molar-refractivity contribution in [2.45, 2.75) is 55.7 Å². The van der Waals surface area contributed by atoms with Gasteiger partial charge in [-0.15, -0.1) is 11.8 Å². The van der Waals surface area contributed by atoms with Gasteiger partial charge in [0, 0.05) is 11.2 Å². The molecule has 1 aliphatic rings. The van der Waals surface area contributed by atoms with Gasteiger partial charge in [-0.2, -0.15) is 0 Å². The van der Waals surface area contributed by atoms with E-state index in [1.807, 2.05) is 0 Å². The maximum absolute atomic E-state index is 12.2. The Bertz CT molecular complexity index is 546. The summed E-state index contributed by atoms with van der Waals surface area (Å²) in [6.45, 7) is 6.62. The summed E-state index contributed by atoms with van der Waals surface area (Å²) < 4.78 is 8.69. The minimum Gasteiger partial charge on any atom is -0.467 e. The number of carbonyl (C=O) groups is 4. The summed E-state index contributed by atoms with van der Waals surface area (Å²) in [5, 5.41) is 4.48. The Morgan fingerprint density at radius 1 is 1.25 bits per heavy atom. The van der Waals surface area contributed by atoms with Gasteiger partial charge in [-0.3, -0.25) is 9.59 Å². The fourth-order valence-electron chi connectivity index (χ4n) is 2.37. The molecule has 2 amide bonds. The van der Waals surface area contributed by atoms with Crippen molar-refractivity contribution in [1.82, 2.24) is 10.6 Å². The Labute approximate surface area is 145 Å². The molecule has 2 atom stereocenters. The minimum atomic E-state index is -1.19. The topological polar surface area (TPSA) is 111 Å². The van der Waals surface area contributed by atoms with Crippen LogP contribution in [0, 0.1) is 0 Å². The van der Waals surface area contributed by atoms with Crippen LogP contribution >= 0.6 is 11.8 Å². The fourth-order valence-corrected chi connectivity index (χ4v) is 3.80. The highest BCUT2D eigenvalue weighted by atomic mass is 32.2. The number of carbonyl (C=O) groups excluding carboxylic acids is 4. The molecule has 136 valence electrons. The highest BCUT2D eigenvalue weighted by Gasteiger charge is 2.46. The van der Waals surface area contributed by atoms with Gasteiger partial charge in [0.1, 0.15) is 11.6 Å². The fraction of sp³-hybridized carbons (Fsp3) is 0.733. The van der Waals surface area contributed by atoms with Crippen LogP contribution < -0.4 is 10.6 Å². The summed E-state index contributed by atoms with van der Waals surface area (Å²) in [5.41, 5.74) is -1.19. The molecule has 0 radical (unpaired) electrons. The number of hydrogen-bond acceptors (Lipinski definition) is 7. The second-order valence-electron chi connectivity index (χ2n) is 6.54. The Hall–Kier alpha value is -1.77. The molecule has 0 spiro atoms. The van der Waals surface area contributed by atoms with Crippen molar-refractivity contribution in [1.29, 1.82) is 0 Å². The lowest BCUT2D eigenvalue weighted by Gasteiger charge is -2.40. The molecule has 1 fully saturated rings. The molecule has 24 heavy (non-hydrogen) atoms. The molecule has 1 heterocycles. The zero-order chi connectivity index (χ0) is 18.7. The van der Waals surface area contributed by atoms with Crippen LogP contribution in [0.1, 0.15) is 34.1 Å². The minimum absolute atomic E-state index is 0.117. The lowest BCUT2D eigenvalue weighted by Crippen LogP contribution is -2.60. The van der Waals surface area contributed by atoms with Gasteiger partial charge in [0.25, 0.3) is 0 Å². The predicted octanol–water partition coefficient (Wildman–Crippen LogP) is -0.00390. The van der Waals surface area contributed by atoms with E-state index in [0.29, 0.717) is 0 Å². The van der Waals surface area contributed by atoms with Crippen molar-refractivity contribution in [3.05, 3.63) is 0 Å². The lowest BCUT2D eigenvalue weighted by molar-refractivity contribution is -0.149. The predicted molar refractivity (Wildman–Crippen MR) is 88.3 cm³/mol. The van der Waals surface area contributed by atoms with Crippen LogP contribution in [0.25, 0.3) is 0 Å². The van der Waals surface area contributed by atoms with Crippen molar-refractivity contribution in [2.24, 2.45) is 0 Å². The quantitative estimate of drug-likeness (QED) is 0.664. The average molecular weight is 360 g/mol. The molecule has 0 unspecified atom stereocenters. The van der Waals surface area contributed by atoms with Gasteiger partial charge in [0.15, 0.2) is 0 Å². The zero-order valence-corrected chi connectivity index (χ0v) is 15.5. The summed E-state index contributed by atoms with van der Waals surface area (Å²) in [5.74, 6) is -1.98. The molecule has 0 saturated carbocycles. The second-order valence-corrected chi connectivity index (χ2v) is 8.40. The van der Waals surface area contributed by atoms with Crippen molar-refractivity contribution >= 4 is 35.5 Å². The third-order valence-electron chi connectivity index (χ3n) is 3.68. The van der Waals surface area contributed by atoms with E-state index in [0.717, 1.165) is 0 Å². The van der Waals surface area contributed by atoms with E-state index in [1.165, 1.54) is 39.8 Å². The van der Waals surface area contributed by atoms with Crippen molar-refractivity contribution in [3.63, 3.8) is 0 Å². The molecule has 1 rings (SSSR count). The van der Waals surface area contributed by atoms with Gasteiger partial charge in [0.2, 0.25) is 11.8 Å². The average Bonchev–Trinajstić information content (AvgIpc) is 2.47. The van der Waals surface area contributed by atoms with E-state index in [4.69, 9.17) is 4.74 Å². The molecule has 1 saturated heterocycles. The van der Waals surface area contributed by atoms with E-state index < -0.39 is 45.3 Å². The van der Waals surface area contributed by atoms with E-state index in [9.17, 15) is 19.2 Å². The summed E-state index contributed by atoms with van der Waals surface area (Å²) in [4.78, 5) is 47.7. The number of hydrogen-bond donors (Lipinski definition) is 2. The standard InChI is InChI=1S/C15H24N2O6S/c1-14(2,13(21)23-6)17-9(18)7-8-11(19)16-10(12(20)22-5)15(3,4)24-8/h8,10H,7H2,1-6H3,(H,16,19)(H,17,18)/t8-,10-/m0/s1. The van der Waals surface area contributed by atoms with Gasteiger partial charge in [-0.25, -0.2) is 9.59 Å². The lowest BCUT2D eigenvalue weighted by atomic mass is 10.0. The summed E-state index contributed by atoms with van der Waals surface area (Å²) in [7, 11) is 2.49. The van der Waals surface area contributed by atoms with Crippen LogP contribution in [0.5, 0.6) is 0 Å². The largest absolute Gasteiger partial charge is 0.467 e. The molecule has 0 bridgehead atoms. The third-order valence-corrected chi connectivity index (χ3v) is 5.18. The van der Waals surface area contributed by atoms with Crippen LogP contribution in [-0.2, 0) is 28.7 Å². The molecule has 2 N–H and O–H groups in total. The second kappa shape index (κ2) is 7.42. The van der Waals surface area contributed by atoms with Crippen molar-refractivity contribution in [2.75, 3.05) is 14.2 Å². The molecule has 0 aromatic heterocycles. The Morgan fingerprint density at radius 3 is 2.33 bits per heavy atom. The highest BCUT2D eigenvalue weighted by molar-refractivity contribution is 8.02. The first-order chi connectivity index (χ1) is 10.9. The van der Waals surface area contributed by atoms with Crippen LogP contribution in [-0.4, -0.2) is 59.6 Å². The van der Waals surface area contributed by atoms with Crippen LogP contribution in [0.15, 0.2) is 0 Å². The van der Waals surface area contributed by atoms with Crippen molar-refractivity contribution < 1.29 is 28.7 Å². The molecular weight excluding hydrogens is 336 g/mol. The van der Waals surface area contributed by atoms with E-state index in [-0.39, 0.29) is 6.42 Å². The molecule has 1 aliphatic heterocycles. The molecule has 9 heteroatoms. The number of thioether (sulfide) groups is 1. The molecule has 0 aromatic rings. The summed E-state index contributed by atoms with van der Waals surface area (Å²) >= 11 is 1.23. The van der Waals surface area contributed by atoms with Gasteiger partial charge >= 0.3 is 11.9 Å². The molecule has 8 nitrogen and oxygen atoms in total. The highest BCUT2D eigenvalue weighted by Crippen LogP contribution is 2.37. The SMILES string of the molecule is COC(=O)[C@@H]1NC(=O)[C@H](CC(=O)NC(C)(C)C(=O)OC)SC1(C)C.